The van der Waals surface area contributed by atoms with E-state index in [-0.39, 0.29) is 12.3 Å². The summed E-state index contributed by atoms with van der Waals surface area (Å²) in [5, 5.41) is 0. The van der Waals surface area contributed by atoms with Crippen molar-refractivity contribution in [3.05, 3.63) is 0 Å². The van der Waals surface area contributed by atoms with Gasteiger partial charge >= 0.3 is 0 Å². The van der Waals surface area contributed by atoms with Crippen LogP contribution in [0, 0.1) is 11.8 Å². The average Bonchev–Trinajstić information content (AvgIpc) is 3.09. The molecular formula is C17H30N2O3. The number of hydrogen-bond acceptors (Lipinski definition) is 4. The monoisotopic (exact) mass is 310 g/mol. The summed E-state index contributed by atoms with van der Waals surface area (Å²) in [5.74, 6) is 1.48. The van der Waals surface area contributed by atoms with E-state index in [0.717, 1.165) is 57.8 Å². The van der Waals surface area contributed by atoms with Crippen molar-refractivity contribution in [2.24, 2.45) is 11.8 Å². The van der Waals surface area contributed by atoms with Gasteiger partial charge in [0, 0.05) is 25.6 Å². The van der Waals surface area contributed by atoms with Crippen LogP contribution < -0.4 is 0 Å². The van der Waals surface area contributed by atoms with Crippen LogP contribution in [-0.4, -0.2) is 67.4 Å². The maximum absolute atomic E-state index is 12.8. The highest BCUT2D eigenvalue weighted by molar-refractivity contribution is 5.81. The van der Waals surface area contributed by atoms with Crippen LogP contribution in [0.25, 0.3) is 0 Å². The number of carbonyl (C=O) groups is 1. The molecular weight excluding hydrogens is 280 g/mol. The molecule has 3 aliphatic rings. The molecule has 5 nitrogen and oxygen atoms in total. The lowest BCUT2D eigenvalue weighted by Crippen LogP contribution is -2.53. The maximum Gasteiger partial charge on any atom is 0.239 e. The fourth-order valence-electron chi connectivity index (χ4n) is 3.91. The highest BCUT2D eigenvalue weighted by atomic mass is 16.7. The van der Waals surface area contributed by atoms with E-state index >= 15 is 0 Å². The maximum atomic E-state index is 12.8. The Morgan fingerprint density at radius 1 is 1.09 bits per heavy atom. The van der Waals surface area contributed by atoms with Crippen molar-refractivity contribution in [1.29, 1.82) is 0 Å². The fourth-order valence-corrected chi connectivity index (χ4v) is 3.91. The van der Waals surface area contributed by atoms with Crippen molar-refractivity contribution in [2.75, 3.05) is 39.4 Å². The summed E-state index contributed by atoms with van der Waals surface area (Å²) in [5.41, 5.74) is 0. The van der Waals surface area contributed by atoms with Gasteiger partial charge in [0.25, 0.3) is 0 Å². The first kappa shape index (κ1) is 16.2. The van der Waals surface area contributed by atoms with Crippen molar-refractivity contribution in [3.63, 3.8) is 0 Å². The molecule has 3 fully saturated rings. The predicted octanol–water partition coefficient (Wildman–Crippen LogP) is 1.72. The number of nitrogens with zero attached hydrogens (tertiary/aromatic N) is 2. The SMILES string of the molecule is CC1CCN(C(=O)C(C)N2CCCC(C3OCCO3)C2)CC1. The molecule has 0 radical (unpaired) electrons. The van der Waals surface area contributed by atoms with E-state index in [9.17, 15) is 4.79 Å². The summed E-state index contributed by atoms with van der Waals surface area (Å²) in [4.78, 5) is 17.2. The lowest BCUT2D eigenvalue weighted by molar-refractivity contribution is -0.141. The Labute approximate surface area is 133 Å². The molecule has 126 valence electrons. The van der Waals surface area contributed by atoms with Crippen molar-refractivity contribution in [1.82, 2.24) is 9.80 Å². The van der Waals surface area contributed by atoms with Crippen molar-refractivity contribution in [2.45, 2.75) is 51.9 Å². The van der Waals surface area contributed by atoms with Gasteiger partial charge in [0.15, 0.2) is 6.29 Å². The number of carbonyl (C=O) groups excluding carboxylic acids is 1. The molecule has 1 amide bonds. The zero-order valence-electron chi connectivity index (χ0n) is 14.0. The number of ether oxygens (including phenoxy) is 2. The fraction of sp³-hybridized carbons (Fsp3) is 0.941. The van der Waals surface area contributed by atoms with Crippen LogP contribution in [0.3, 0.4) is 0 Å². The van der Waals surface area contributed by atoms with E-state index in [1.54, 1.807) is 0 Å². The van der Waals surface area contributed by atoms with Crippen LogP contribution >= 0.6 is 0 Å². The van der Waals surface area contributed by atoms with Gasteiger partial charge in [-0.1, -0.05) is 6.92 Å². The van der Waals surface area contributed by atoms with E-state index < -0.39 is 0 Å². The van der Waals surface area contributed by atoms with Crippen LogP contribution in [0.5, 0.6) is 0 Å². The number of hydrogen-bond donors (Lipinski definition) is 0. The molecule has 0 bridgehead atoms. The van der Waals surface area contributed by atoms with E-state index in [0.29, 0.717) is 25.0 Å². The third-order valence-electron chi connectivity index (χ3n) is 5.52. The normalized spacial score (nSPS) is 30.6. The molecule has 2 unspecified atom stereocenters. The van der Waals surface area contributed by atoms with Gasteiger partial charge < -0.3 is 14.4 Å². The van der Waals surface area contributed by atoms with Gasteiger partial charge in [-0.25, -0.2) is 0 Å². The molecule has 0 aromatic carbocycles. The van der Waals surface area contributed by atoms with E-state index in [1.165, 1.54) is 0 Å². The molecule has 2 atom stereocenters. The Bertz CT molecular complexity index is 376. The van der Waals surface area contributed by atoms with Gasteiger partial charge in [-0.05, 0) is 45.1 Å². The number of rotatable bonds is 3. The van der Waals surface area contributed by atoms with Gasteiger partial charge in [-0.15, -0.1) is 0 Å². The lowest BCUT2D eigenvalue weighted by Gasteiger charge is -2.40. The molecule has 0 N–H and O–H groups in total. The van der Waals surface area contributed by atoms with E-state index in [2.05, 4.69) is 23.6 Å². The molecule has 0 spiro atoms. The minimum absolute atomic E-state index is 0.0161. The zero-order valence-corrected chi connectivity index (χ0v) is 14.0. The van der Waals surface area contributed by atoms with Crippen molar-refractivity contribution >= 4 is 5.91 Å². The quantitative estimate of drug-likeness (QED) is 0.796. The summed E-state index contributed by atoms with van der Waals surface area (Å²) in [7, 11) is 0. The Morgan fingerprint density at radius 2 is 1.77 bits per heavy atom. The largest absolute Gasteiger partial charge is 0.350 e. The van der Waals surface area contributed by atoms with Gasteiger partial charge in [0.1, 0.15) is 0 Å². The second kappa shape index (κ2) is 7.28. The third kappa shape index (κ3) is 3.63. The van der Waals surface area contributed by atoms with Gasteiger partial charge in [0.05, 0.1) is 19.3 Å². The third-order valence-corrected chi connectivity index (χ3v) is 5.52. The number of likely N-dealkylation sites (tertiary alicyclic amines) is 2. The first-order valence-electron chi connectivity index (χ1n) is 8.91. The van der Waals surface area contributed by atoms with Crippen LogP contribution in [0.2, 0.25) is 0 Å². The summed E-state index contributed by atoms with van der Waals surface area (Å²) >= 11 is 0. The number of piperidine rings is 2. The van der Waals surface area contributed by atoms with Crippen molar-refractivity contribution < 1.29 is 14.3 Å². The summed E-state index contributed by atoms with van der Waals surface area (Å²) in [6.45, 7) is 9.56. The molecule has 0 aromatic heterocycles. The molecule has 5 heteroatoms. The molecule has 0 aliphatic carbocycles. The first-order chi connectivity index (χ1) is 10.6. The molecule has 3 saturated heterocycles. The van der Waals surface area contributed by atoms with Crippen LogP contribution in [0.1, 0.15) is 39.5 Å². The second-order valence-electron chi connectivity index (χ2n) is 7.19. The van der Waals surface area contributed by atoms with Gasteiger partial charge in [-0.2, -0.15) is 0 Å². The smallest absolute Gasteiger partial charge is 0.239 e. The Morgan fingerprint density at radius 3 is 2.45 bits per heavy atom. The zero-order chi connectivity index (χ0) is 15.5. The van der Waals surface area contributed by atoms with E-state index in [1.807, 2.05) is 0 Å². The van der Waals surface area contributed by atoms with Crippen molar-refractivity contribution in [3.8, 4) is 0 Å². The summed E-state index contributed by atoms with van der Waals surface area (Å²) in [6, 6.07) is -0.0161. The lowest BCUT2D eigenvalue weighted by atomic mass is 9.95. The molecule has 3 heterocycles. The van der Waals surface area contributed by atoms with Gasteiger partial charge in [0.2, 0.25) is 5.91 Å². The summed E-state index contributed by atoms with van der Waals surface area (Å²) < 4.78 is 11.3. The highest BCUT2D eigenvalue weighted by Crippen LogP contribution is 2.27. The average molecular weight is 310 g/mol. The van der Waals surface area contributed by atoms with Crippen LogP contribution in [0.4, 0.5) is 0 Å². The number of amides is 1. The molecule has 3 aliphatic heterocycles. The topological polar surface area (TPSA) is 42.0 Å². The highest BCUT2D eigenvalue weighted by Gasteiger charge is 2.35. The Kier molecular flexibility index (Phi) is 5.37. The molecule has 3 rings (SSSR count). The van der Waals surface area contributed by atoms with Gasteiger partial charge in [-0.3, -0.25) is 9.69 Å². The minimum Gasteiger partial charge on any atom is -0.350 e. The molecule has 0 saturated carbocycles. The predicted molar refractivity (Wildman–Crippen MR) is 84.4 cm³/mol. The van der Waals surface area contributed by atoms with E-state index in [4.69, 9.17) is 9.47 Å². The Hall–Kier alpha value is -0.650. The molecule has 22 heavy (non-hydrogen) atoms. The minimum atomic E-state index is -0.0547. The Balaban J connectivity index is 1.54. The van der Waals surface area contributed by atoms with Crippen LogP contribution in [0.15, 0.2) is 0 Å². The van der Waals surface area contributed by atoms with Crippen LogP contribution in [-0.2, 0) is 14.3 Å². The molecule has 0 aromatic rings. The summed E-state index contributed by atoms with van der Waals surface area (Å²) in [6.07, 6.45) is 4.50. The second-order valence-corrected chi connectivity index (χ2v) is 7.19. The first-order valence-corrected chi connectivity index (χ1v) is 8.91. The standard InChI is InChI=1S/C17H30N2O3/c1-13-5-8-18(9-6-13)16(20)14(2)19-7-3-4-15(12-19)17-21-10-11-22-17/h13-15,17H,3-12H2,1-2H3.